The Kier molecular flexibility index (Phi) is 6.54. The average molecular weight is 386 g/mol. The number of aryl methyl sites for hydroxylation is 2. The molecule has 0 aliphatic carbocycles. The molecule has 1 N–H and O–H groups in total. The largest absolute Gasteiger partial charge is 0.507 e. The van der Waals surface area contributed by atoms with Crippen molar-refractivity contribution in [3.05, 3.63) is 63.1 Å². The van der Waals surface area contributed by atoms with Crippen LogP contribution in [0.1, 0.15) is 28.4 Å². The third kappa shape index (κ3) is 4.29. The number of aromatic nitrogens is 1. The highest BCUT2D eigenvalue weighted by Gasteiger charge is 2.30. The Morgan fingerprint density at radius 2 is 1.75 bits per heavy atom. The highest BCUT2D eigenvalue weighted by Crippen LogP contribution is 2.33. The van der Waals surface area contributed by atoms with Crippen LogP contribution in [-0.2, 0) is 11.3 Å². The molecule has 1 aromatic heterocycles. The number of nitrogens with zero attached hydrogens (tertiary/aromatic N) is 3. The van der Waals surface area contributed by atoms with E-state index < -0.39 is 0 Å². The molecule has 1 aromatic carbocycles. The number of pyridine rings is 1. The van der Waals surface area contributed by atoms with Gasteiger partial charge in [0, 0.05) is 45.5 Å². The molecule has 0 saturated carbocycles. The zero-order valence-electron chi connectivity index (χ0n) is 17.3. The quantitative estimate of drug-likeness (QED) is 0.826. The van der Waals surface area contributed by atoms with E-state index in [4.69, 9.17) is 4.74 Å². The lowest BCUT2D eigenvalue weighted by molar-refractivity contribution is 0.125. The molecule has 0 spiro atoms. The van der Waals surface area contributed by atoms with E-state index in [-0.39, 0.29) is 17.4 Å². The monoisotopic (exact) mass is 385 g/mol. The van der Waals surface area contributed by atoms with Crippen molar-refractivity contribution in [3.8, 4) is 5.75 Å². The summed E-state index contributed by atoms with van der Waals surface area (Å²) in [5.41, 5.74) is 3.26. The Labute approximate surface area is 167 Å². The van der Waals surface area contributed by atoms with Gasteiger partial charge in [0.15, 0.2) is 0 Å². The minimum absolute atomic E-state index is 0.0701. The Bertz CT molecular complexity index is 853. The molecule has 0 amide bonds. The lowest BCUT2D eigenvalue weighted by Crippen LogP contribution is -2.47. The van der Waals surface area contributed by atoms with Crippen molar-refractivity contribution in [2.45, 2.75) is 26.4 Å². The van der Waals surface area contributed by atoms with Crippen LogP contribution in [0.4, 0.5) is 0 Å². The molecule has 1 fully saturated rings. The predicted molar refractivity (Wildman–Crippen MR) is 111 cm³/mol. The minimum atomic E-state index is -0.267. The third-order valence-electron chi connectivity index (χ3n) is 5.61. The van der Waals surface area contributed by atoms with Gasteiger partial charge in [0.1, 0.15) is 5.75 Å². The predicted octanol–water partition coefficient (Wildman–Crippen LogP) is 2.15. The van der Waals surface area contributed by atoms with Crippen molar-refractivity contribution in [2.75, 3.05) is 46.9 Å². The van der Waals surface area contributed by atoms with E-state index in [9.17, 15) is 9.90 Å². The highest BCUT2D eigenvalue weighted by atomic mass is 16.5. The van der Waals surface area contributed by atoms with Crippen LogP contribution < -0.4 is 5.56 Å². The summed E-state index contributed by atoms with van der Waals surface area (Å²) in [5, 5.41) is 10.8. The summed E-state index contributed by atoms with van der Waals surface area (Å²) in [7, 11) is 3.74. The van der Waals surface area contributed by atoms with E-state index in [0.717, 1.165) is 37.4 Å². The standard InChI is InChI=1S/C22H31N3O3/c1-16-5-7-18(8-6-16)21(24-11-9-23(3)10-12-24)20-19(26)15-17(2)25(22(20)27)13-14-28-4/h5-8,15,21,26H,9-14H2,1-4H3. The second-order valence-electron chi connectivity index (χ2n) is 7.69. The molecule has 2 aromatic rings. The summed E-state index contributed by atoms with van der Waals surface area (Å²) in [6, 6.07) is 9.69. The second kappa shape index (κ2) is 8.90. The summed E-state index contributed by atoms with van der Waals surface area (Å²) < 4.78 is 6.88. The van der Waals surface area contributed by atoms with Crippen molar-refractivity contribution in [2.24, 2.45) is 0 Å². The van der Waals surface area contributed by atoms with Crippen molar-refractivity contribution < 1.29 is 9.84 Å². The van der Waals surface area contributed by atoms with Crippen molar-refractivity contribution in [3.63, 3.8) is 0 Å². The number of hydrogen-bond donors (Lipinski definition) is 1. The van der Waals surface area contributed by atoms with E-state index in [0.29, 0.717) is 18.7 Å². The normalized spacial score (nSPS) is 17.0. The summed E-state index contributed by atoms with van der Waals surface area (Å²) in [6.07, 6.45) is 0. The maximum atomic E-state index is 13.4. The first-order chi connectivity index (χ1) is 13.4. The number of piperazine rings is 1. The molecule has 1 aliphatic heterocycles. The smallest absolute Gasteiger partial charge is 0.259 e. The van der Waals surface area contributed by atoms with Gasteiger partial charge in [-0.3, -0.25) is 9.69 Å². The Morgan fingerprint density at radius 3 is 2.36 bits per heavy atom. The van der Waals surface area contributed by atoms with Gasteiger partial charge < -0.3 is 19.3 Å². The molecule has 1 aliphatic rings. The Hall–Kier alpha value is -2.15. The molecule has 0 bridgehead atoms. The van der Waals surface area contributed by atoms with E-state index in [1.165, 1.54) is 5.56 Å². The molecule has 6 heteroatoms. The maximum Gasteiger partial charge on any atom is 0.259 e. The summed E-state index contributed by atoms with van der Waals surface area (Å²) in [4.78, 5) is 18.0. The van der Waals surface area contributed by atoms with Gasteiger partial charge in [0.2, 0.25) is 0 Å². The van der Waals surface area contributed by atoms with E-state index >= 15 is 0 Å². The average Bonchev–Trinajstić information content (AvgIpc) is 2.67. The van der Waals surface area contributed by atoms with Crippen molar-refractivity contribution in [1.82, 2.24) is 14.4 Å². The molecular formula is C22H31N3O3. The first-order valence-electron chi connectivity index (χ1n) is 9.83. The maximum absolute atomic E-state index is 13.4. The fourth-order valence-corrected chi connectivity index (χ4v) is 3.88. The van der Waals surface area contributed by atoms with Crippen LogP contribution in [0.2, 0.25) is 0 Å². The van der Waals surface area contributed by atoms with Crippen LogP contribution in [0.15, 0.2) is 35.1 Å². The summed E-state index contributed by atoms with van der Waals surface area (Å²) >= 11 is 0. The molecule has 1 saturated heterocycles. The van der Waals surface area contributed by atoms with Gasteiger partial charge in [0.25, 0.3) is 5.56 Å². The van der Waals surface area contributed by atoms with Gasteiger partial charge in [0.05, 0.1) is 18.2 Å². The second-order valence-corrected chi connectivity index (χ2v) is 7.69. The molecular weight excluding hydrogens is 354 g/mol. The number of methoxy groups -OCH3 is 1. The Morgan fingerprint density at radius 1 is 1.11 bits per heavy atom. The third-order valence-corrected chi connectivity index (χ3v) is 5.61. The van der Waals surface area contributed by atoms with Gasteiger partial charge in [-0.05, 0) is 32.5 Å². The minimum Gasteiger partial charge on any atom is -0.507 e. The number of hydrogen-bond acceptors (Lipinski definition) is 5. The van der Waals surface area contributed by atoms with Crippen molar-refractivity contribution in [1.29, 1.82) is 0 Å². The van der Waals surface area contributed by atoms with Crippen LogP contribution in [0.25, 0.3) is 0 Å². The zero-order valence-corrected chi connectivity index (χ0v) is 17.3. The van der Waals surface area contributed by atoms with Crippen LogP contribution in [-0.4, -0.2) is 66.4 Å². The van der Waals surface area contributed by atoms with Gasteiger partial charge in [-0.25, -0.2) is 0 Å². The molecule has 6 nitrogen and oxygen atoms in total. The number of rotatable bonds is 6. The highest BCUT2D eigenvalue weighted by molar-refractivity contribution is 5.41. The number of benzene rings is 1. The number of ether oxygens (including phenoxy) is 1. The van der Waals surface area contributed by atoms with Gasteiger partial charge >= 0.3 is 0 Å². The van der Waals surface area contributed by atoms with E-state index in [1.54, 1.807) is 17.7 Å². The van der Waals surface area contributed by atoms with Gasteiger partial charge in [-0.1, -0.05) is 29.8 Å². The number of aromatic hydroxyl groups is 1. The molecule has 2 heterocycles. The lowest BCUT2D eigenvalue weighted by atomic mass is 9.95. The fraction of sp³-hybridized carbons (Fsp3) is 0.500. The SMILES string of the molecule is COCCn1c(C)cc(O)c(C(c2ccc(C)cc2)N2CCN(C)CC2)c1=O. The topological polar surface area (TPSA) is 57.9 Å². The van der Waals surface area contributed by atoms with Gasteiger partial charge in [-0.2, -0.15) is 0 Å². The van der Waals surface area contributed by atoms with Gasteiger partial charge in [-0.15, -0.1) is 0 Å². The molecule has 1 atom stereocenters. The van der Waals surface area contributed by atoms with E-state index in [1.807, 2.05) is 6.92 Å². The summed E-state index contributed by atoms with van der Waals surface area (Å²) in [6.45, 7) is 8.39. The molecule has 152 valence electrons. The Balaban J connectivity index is 2.12. The fourth-order valence-electron chi connectivity index (χ4n) is 3.88. The zero-order chi connectivity index (χ0) is 20.3. The van der Waals surface area contributed by atoms with Crippen molar-refractivity contribution >= 4 is 0 Å². The molecule has 1 unspecified atom stereocenters. The summed E-state index contributed by atoms with van der Waals surface area (Å²) in [5.74, 6) is 0.0701. The molecule has 0 radical (unpaired) electrons. The van der Waals surface area contributed by atoms with Crippen LogP contribution in [0.5, 0.6) is 5.75 Å². The van der Waals surface area contributed by atoms with Crippen LogP contribution in [0, 0.1) is 13.8 Å². The first-order valence-corrected chi connectivity index (χ1v) is 9.83. The molecule has 28 heavy (non-hydrogen) atoms. The lowest BCUT2D eigenvalue weighted by Gasteiger charge is -2.38. The first kappa shape index (κ1) is 20.6. The van der Waals surface area contributed by atoms with E-state index in [2.05, 4.69) is 48.0 Å². The van der Waals surface area contributed by atoms with Crippen LogP contribution in [0.3, 0.4) is 0 Å². The van der Waals surface area contributed by atoms with Crippen LogP contribution >= 0.6 is 0 Å². The number of likely N-dealkylation sites (N-methyl/N-ethyl adjacent to an activating group) is 1. The molecule has 3 rings (SSSR count).